The second-order valence-corrected chi connectivity index (χ2v) is 5.31. The molecule has 2 heterocycles. The molecular formula is C13H26N2O. The van der Waals surface area contributed by atoms with Crippen LogP contribution in [0.4, 0.5) is 0 Å². The highest BCUT2D eigenvalue weighted by Crippen LogP contribution is 2.15. The van der Waals surface area contributed by atoms with E-state index in [0.717, 1.165) is 19.2 Å². The molecule has 0 radical (unpaired) electrons. The van der Waals surface area contributed by atoms with Crippen molar-refractivity contribution in [2.45, 2.75) is 63.6 Å². The molecule has 2 fully saturated rings. The molecule has 94 valence electrons. The Kier molecular flexibility index (Phi) is 5.07. The molecule has 3 nitrogen and oxygen atoms in total. The minimum atomic E-state index is 0.532. The Balaban J connectivity index is 1.51. The molecular weight excluding hydrogens is 200 g/mol. The van der Waals surface area contributed by atoms with Gasteiger partial charge in [-0.25, -0.2) is 0 Å². The quantitative estimate of drug-likeness (QED) is 0.723. The first-order valence-electron chi connectivity index (χ1n) is 6.93. The second kappa shape index (κ2) is 6.58. The maximum absolute atomic E-state index is 5.62. The van der Waals surface area contributed by atoms with Crippen molar-refractivity contribution in [2.75, 3.05) is 19.7 Å². The van der Waals surface area contributed by atoms with Crippen molar-refractivity contribution >= 4 is 0 Å². The van der Waals surface area contributed by atoms with Gasteiger partial charge in [0.25, 0.3) is 0 Å². The summed E-state index contributed by atoms with van der Waals surface area (Å²) in [6.07, 6.45) is 8.22. The van der Waals surface area contributed by atoms with Crippen molar-refractivity contribution in [1.29, 1.82) is 0 Å². The van der Waals surface area contributed by atoms with E-state index < -0.39 is 0 Å². The van der Waals surface area contributed by atoms with Crippen LogP contribution in [0.2, 0.25) is 0 Å². The van der Waals surface area contributed by atoms with Crippen LogP contribution in [0.25, 0.3) is 0 Å². The maximum Gasteiger partial charge on any atom is 0.0588 e. The average molecular weight is 226 g/mol. The van der Waals surface area contributed by atoms with Crippen molar-refractivity contribution in [2.24, 2.45) is 0 Å². The first-order valence-corrected chi connectivity index (χ1v) is 6.93. The number of nitrogens with one attached hydrogen (secondary N) is 2. The molecule has 0 aliphatic carbocycles. The SMILES string of the molecule is CC(CC1CCCN1)NCCC1CCCO1. The lowest BCUT2D eigenvalue weighted by molar-refractivity contribution is 0.103. The minimum Gasteiger partial charge on any atom is -0.378 e. The van der Waals surface area contributed by atoms with Gasteiger partial charge in [-0.2, -0.15) is 0 Å². The molecule has 3 atom stereocenters. The molecule has 0 aromatic rings. The number of ether oxygens (including phenoxy) is 1. The van der Waals surface area contributed by atoms with Crippen LogP contribution in [0.3, 0.4) is 0 Å². The van der Waals surface area contributed by atoms with Gasteiger partial charge in [0.15, 0.2) is 0 Å². The lowest BCUT2D eigenvalue weighted by atomic mass is 10.1. The number of hydrogen-bond acceptors (Lipinski definition) is 3. The van der Waals surface area contributed by atoms with Crippen molar-refractivity contribution < 1.29 is 4.74 Å². The molecule has 0 bridgehead atoms. The van der Waals surface area contributed by atoms with E-state index in [-0.39, 0.29) is 0 Å². The molecule has 2 saturated heterocycles. The highest BCUT2D eigenvalue weighted by atomic mass is 16.5. The van der Waals surface area contributed by atoms with E-state index in [1.807, 2.05) is 0 Å². The summed E-state index contributed by atoms with van der Waals surface area (Å²) in [6.45, 7) is 5.60. The average Bonchev–Trinajstić information content (AvgIpc) is 2.90. The molecule has 2 aliphatic heterocycles. The Labute approximate surface area is 99.3 Å². The molecule has 0 amide bonds. The summed E-state index contributed by atoms with van der Waals surface area (Å²) in [4.78, 5) is 0. The molecule has 3 unspecified atom stereocenters. The molecule has 0 aromatic carbocycles. The molecule has 0 spiro atoms. The summed E-state index contributed by atoms with van der Waals surface area (Å²) in [5.74, 6) is 0. The van der Waals surface area contributed by atoms with E-state index in [1.165, 1.54) is 45.1 Å². The molecule has 3 heteroatoms. The van der Waals surface area contributed by atoms with E-state index in [9.17, 15) is 0 Å². The molecule has 0 saturated carbocycles. The Morgan fingerprint density at radius 3 is 3.00 bits per heavy atom. The van der Waals surface area contributed by atoms with Gasteiger partial charge in [0, 0.05) is 18.7 Å². The van der Waals surface area contributed by atoms with E-state index in [4.69, 9.17) is 4.74 Å². The fourth-order valence-electron chi connectivity index (χ4n) is 2.83. The van der Waals surface area contributed by atoms with Gasteiger partial charge in [-0.1, -0.05) is 0 Å². The number of hydrogen-bond donors (Lipinski definition) is 2. The zero-order chi connectivity index (χ0) is 11.2. The monoisotopic (exact) mass is 226 g/mol. The van der Waals surface area contributed by atoms with Gasteiger partial charge in [-0.05, 0) is 58.5 Å². The van der Waals surface area contributed by atoms with Crippen LogP contribution in [-0.4, -0.2) is 37.9 Å². The lowest BCUT2D eigenvalue weighted by Crippen LogP contribution is -2.35. The van der Waals surface area contributed by atoms with E-state index in [1.54, 1.807) is 0 Å². The van der Waals surface area contributed by atoms with Gasteiger partial charge < -0.3 is 15.4 Å². The van der Waals surface area contributed by atoms with E-state index >= 15 is 0 Å². The molecule has 2 N–H and O–H groups in total. The lowest BCUT2D eigenvalue weighted by Gasteiger charge is -2.19. The zero-order valence-electron chi connectivity index (χ0n) is 10.5. The van der Waals surface area contributed by atoms with Gasteiger partial charge in [0.2, 0.25) is 0 Å². The van der Waals surface area contributed by atoms with Crippen molar-refractivity contribution in [3.05, 3.63) is 0 Å². The predicted molar refractivity (Wildman–Crippen MR) is 66.7 cm³/mol. The fraction of sp³-hybridized carbons (Fsp3) is 1.00. The Bertz CT molecular complexity index is 186. The van der Waals surface area contributed by atoms with Gasteiger partial charge in [-0.3, -0.25) is 0 Å². The van der Waals surface area contributed by atoms with Gasteiger partial charge >= 0.3 is 0 Å². The van der Waals surface area contributed by atoms with Crippen LogP contribution in [-0.2, 0) is 4.74 Å². The zero-order valence-corrected chi connectivity index (χ0v) is 10.5. The fourth-order valence-corrected chi connectivity index (χ4v) is 2.83. The molecule has 2 aliphatic rings. The third-order valence-corrected chi connectivity index (χ3v) is 3.78. The van der Waals surface area contributed by atoms with Gasteiger partial charge in [0.1, 0.15) is 0 Å². The van der Waals surface area contributed by atoms with Gasteiger partial charge in [0.05, 0.1) is 6.10 Å². The first-order chi connectivity index (χ1) is 7.84. The third-order valence-electron chi connectivity index (χ3n) is 3.78. The van der Waals surface area contributed by atoms with Crippen molar-refractivity contribution in [3.63, 3.8) is 0 Å². The molecule has 2 rings (SSSR count). The molecule has 16 heavy (non-hydrogen) atoms. The Hall–Kier alpha value is -0.120. The molecule has 0 aromatic heterocycles. The highest BCUT2D eigenvalue weighted by Gasteiger charge is 2.18. The third kappa shape index (κ3) is 4.04. The standard InChI is InChI=1S/C13H26N2O/c1-11(10-12-4-2-7-15-12)14-8-6-13-5-3-9-16-13/h11-15H,2-10H2,1H3. The minimum absolute atomic E-state index is 0.532. The van der Waals surface area contributed by atoms with Crippen LogP contribution in [0, 0.1) is 0 Å². The topological polar surface area (TPSA) is 33.3 Å². The maximum atomic E-state index is 5.62. The summed E-state index contributed by atoms with van der Waals surface area (Å²) in [5, 5.41) is 7.17. The normalized spacial score (nSPS) is 32.1. The Morgan fingerprint density at radius 1 is 1.38 bits per heavy atom. The summed E-state index contributed by atoms with van der Waals surface area (Å²) >= 11 is 0. The van der Waals surface area contributed by atoms with Crippen LogP contribution in [0.15, 0.2) is 0 Å². The van der Waals surface area contributed by atoms with Crippen molar-refractivity contribution in [1.82, 2.24) is 10.6 Å². The van der Waals surface area contributed by atoms with E-state index in [0.29, 0.717) is 12.1 Å². The summed E-state index contributed by atoms with van der Waals surface area (Å²) in [7, 11) is 0. The number of rotatable bonds is 6. The van der Waals surface area contributed by atoms with Crippen LogP contribution < -0.4 is 10.6 Å². The summed E-state index contributed by atoms with van der Waals surface area (Å²) in [6, 6.07) is 1.39. The Morgan fingerprint density at radius 2 is 2.31 bits per heavy atom. The van der Waals surface area contributed by atoms with Crippen LogP contribution in [0.1, 0.15) is 45.4 Å². The van der Waals surface area contributed by atoms with Crippen molar-refractivity contribution in [3.8, 4) is 0 Å². The van der Waals surface area contributed by atoms with E-state index in [2.05, 4.69) is 17.6 Å². The summed E-state index contributed by atoms with van der Waals surface area (Å²) < 4.78 is 5.62. The second-order valence-electron chi connectivity index (χ2n) is 5.31. The predicted octanol–water partition coefficient (Wildman–Crippen LogP) is 1.68. The highest BCUT2D eigenvalue weighted by molar-refractivity contribution is 4.78. The smallest absolute Gasteiger partial charge is 0.0588 e. The summed E-state index contributed by atoms with van der Waals surface area (Å²) in [5.41, 5.74) is 0. The first kappa shape index (κ1) is 12.3. The van der Waals surface area contributed by atoms with Crippen LogP contribution >= 0.6 is 0 Å². The van der Waals surface area contributed by atoms with Gasteiger partial charge in [-0.15, -0.1) is 0 Å². The van der Waals surface area contributed by atoms with Crippen LogP contribution in [0.5, 0.6) is 0 Å². The largest absolute Gasteiger partial charge is 0.378 e.